The number of hydrogen-bond donors (Lipinski definition) is 2. The molecule has 0 spiro atoms. The first-order valence-electron chi connectivity index (χ1n) is 10.8. The number of para-hydroxylation sites is 1. The van der Waals surface area contributed by atoms with Crippen molar-refractivity contribution in [3.63, 3.8) is 0 Å². The number of aryl methyl sites for hydroxylation is 1. The Bertz CT molecular complexity index is 1340. The van der Waals surface area contributed by atoms with Crippen LogP contribution in [0.25, 0.3) is 21.8 Å². The predicted octanol–water partition coefficient (Wildman–Crippen LogP) is 4.38. The second-order valence-electron chi connectivity index (χ2n) is 8.44. The summed E-state index contributed by atoms with van der Waals surface area (Å²) in [7, 11) is 2.02. The van der Waals surface area contributed by atoms with E-state index in [1.54, 1.807) is 17.0 Å². The van der Waals surface area contributed by atoms with Crippen LogP contribution in [0.4, 0.5) is 5.69 Å². The van der Waals surface area contributed by atoms with Gasteiger partial charge in [-0.2, -0.15) is 0 Å². The first-order valence-corrected chi connectivity index (χ1v) is 10.8. The molecule has 1 fully saturated rings. The average Bonchev–Trinajstić information content (AvgIpc) is 3.35. The first-order chi connectivity index (χ1) is 15.4. The largest absolute Gasteiger partial charge is 0.508 e. The van der Waals surface area contributed by atoms with Crippen LogP contribution in [0, 0.1) is 0 Å². The van der Waals surface area contributed by atoms with Gasteiger partial charge in [0.05, 0.1) is 5.52 Å². The van der Waals surface area contributed by atoms with Crippen LogP contribution in [0.1, 0.15) is 24.8 Å². The summed E-state index contributed by atoms with van der Waals surface area (Å²) in [6, 6.07) is 20.4. The van der Waals surface area contributed by atoms with Crippen molar-refractivity contribution in [3.8, 4) is 5.75 Å². The first kappa shape index (κ1) is 20.1. The molecule has 3 aromatic carbocycles. The highest BCUT2D eigenvalue weighted by Gasteiger charge is 2.41. The monoisotopic (exact) mass is 427 g/mol. The summed E-state index contributed by atoms with van der Waals surface area (Å²) in [5, 5.41) is 15.0. The molecule has 1 unspecified atom stereocenters. The molecule has 4 aromatic rings. The number of amides is 2. The van der Waals surface area contributed by atoms with E-state index < -0.39 is 6.04 Å². The van der Waals surface area contributed by atoms with Crippen LogP contribution in [0.5, 0.6) is 5.75 Å². The van der Waals surface area contributed by atoms with Gasteiger partial charge in [-0.05, 0) is 42.3 Å². The van der Waals surface area contributed by atoms with E-state index in [4.69, 9.17) is 0 Å². The fourth-order valence-electron chi connectivity index (χ4n) is 4.99. The van der Waals surface area contributed by atoms with Gasteiger partial charge in [-0.3, -0.25) is 9.59 Å². The molecule has 1 aliphatic heterocycles. The number of likely N-dealkylation sites (tertiary alicyclic amines) is 1. The van der Waals surface area contributed by atoms with Crippen LogP contribution < -0.4 is 5.32 Å². The van der Waals surface area contributed by atoms with Crippen LogP contribution in [0.3, 0.4) is 0 Å². The summed E-state index contributed by atoms with van der Waals surface area (Å²) in [5.74, 6) is -0.260. The Hall–Kier alpha value is -3.80. The van der Waals surface area contributed by atoms with E-state index >= 15 is 0 Å². The summed E-state index contributed by atoms with van der Waals surface area (Å²) in [4.78, 5) is 27.3. The minimum atomic E-state index is -0.597. The SMILES string of the molecule is CC(=O)N1CCC(c2ccc(O)cc2)[C@H]1C(=O)Nc1ccc2c3ccccc3n(C)c2c1. The van der Waals surface area contributed by atoms with E-state index in [1.807, 2.05) is 49.5 Å². The number of nitrogens with one attached hydrogen (secondary N) is 1. The number of anilines is 1. The third-order valence-electron chi connectivity index (χ3n) is 6.57. The Morgan fingerprint density at radius 3 is 2.44 bits per heavy atom. The Morgan fingerprint density at radius 1 is 0.969 bits per heavy atom. The fraction of sp³-hybridized carbons (Fsp3) is 0.231. The van der Waals surface area contributed by atoms with Gasteiger partial charge in [-0.15, -0.1) is 0 Å². The van der Waals surface area contributed by atoms with Gasteiger partial charge < -0.3 is 19.9 Å². The molecule has 0 aliphatic carbocycles. The number of fused-ring (bicyclic) bond motifs is 3. The molecule has 0 saturated carbocycles. The molecule has 2 heterocycles. The normalized spacial score (nSPS) is 18.4. The molecule has 2 amide bonds. The zero-order valence-electron chi connectivity index (χ0n) is 18.1. The molecule has 6 heteroatoms. The molecule has 6 nitrogen and oxygen atoms in total. The van der Waals surface area contributed by atoms with E-state index in [9.17, 15) is 14.7 Å². The van der Waals surface area contributed by atoms with Gasteiger partial charge in [-0.1, -0.05) is 36.4 Å². The lowest BCUT2D eigenvalue weighted by Crippen LogP contribution is -2.44. The molecule has 2 atom stereocenters. The molecule has 32 heavy (non-hydrogen) atoms. The van der Waals surface area contributed by atoms with Gasteiger partial charge in [0.1, 0.15) is 11.8 Å². The molecule has 2 N–H and O–H groups in total. The minimum Gasteiger partial charge on any atom is -0.508 e. The second-order valence-corrected chi connectivity index (χ2v) is 8.44. The molecule has 1 aromatic heterocycles. The smallest absolute Gasteiger partial charge is 0.247 e. The van der Waals surface area contributed by atoms with Crippen LogP contribution in [-0.2, 0) is 16.6 Å². The predicted molar refractivity (Wildman–Crippen MR) is 126 cm³/mol. The van der Waals surface area contributed by atoms with E-state index in [2.05, 4.69) is 22.0 Å². The highest BCUT2D eigenvalue weighted by atomic mass is 16.3. The summed E-state index contributed by atoms with van der Waals surface area (Å²) in [5.41, 5.74) is 3.81. The zero-order chi connectivity index (χ0) is 22.4. The minimum absolute atomic E-state index is 0.115. The molecule has 0 radical (unpaired) electrons. The quantitative estimate of drug-likeness (QED) is 0.510. The number of rotatable bonds is 3. The maximum atomic E-state index is 13.4. The van der Waals surface area contributed by atoms with Crippen molar-refractivity contribution in [3.05, 3.63) is 72.3 Å². The molecule has 162 valence electrons. The topological polar surface area (TPSA) is 74.6 Å². The number of carbonyl (C=O) groups excluding carboxylic acids is 2. The number of carbonyl (C=O) groups is 2. The summed E-state index contributed by atoms with van der Waals surface area (Å²) < 4.78 is 2.12. The van der Waals surface area contributed by atoms with Crippen molar-refractivity contribution in [2.24, 2.45) is 7.05 Å². The van der Waals surface area contributed by atoms with E-state index in [0.717, 1.165) is 22.0 Å². The lowest BCUT2D eigenvalue weighted by atomic mass is 9.91. The number of phenols is 1. The molecular formula is C26H25N3O3. The Morgan fingerprint density at radius 2 is 1.69 bits per heavy atom. The van der Waals surface area contributed by atoms with Crippen LogP contribution in [0.15, 0.2) is 66.7 Å². The van der Waals surface area contributed by atoms with Gasteiger partial charge in [0.25, 0.3) is 0 Å². The number of nitrogens with zero attached hydrogens (tertiary/aromatic N) is 2. The van der Waals surface area contributed by atoms with Crippen molar-refractivity contribution in [1.82, 2.24) is 9.47 Å². The number of aromatic hydroxyl groups is 1. The molecule has 1 aliphatic rings. The second kappa shape index (κ2) is 7.71. The number of benzene rings is 3. The standard InChI is InChI=1S/C26H25N3O3/c1-16(30)29-14-13-20(17-7-10-19(31)11-8-17)25(29)26(32)27-18-9-12-22-21-5-3-4-6-23(21)28(2)24(22)15-18/h3-12,15,20,25,31H,13-14H2,1-2H3,(H,27,32)/t20?,25-/m0/s1. The maximum Gasteiger partial charge on any atom is 0.247 e. The van der Waals surface area contributed by atoms with Crippen molar-refractivity contribution >= 4 is 39.3 Å². The average molecular weight is 428 g/mol. The maximum absolute atomic E-state index is 13.4. The lowest BCUT2D eigenvalue weighted by molar-refractivity contribution is -0.135. The van der Waals surface area contributed by atoms with E-state index in [-0.39, 0.29) is 23.5 Å². The van der Waals surface area contributed by atoms with Crippen molar-refractivity contribution in [1.29, 1.82) is 0 Å². The van der Waals surface area contributed by atoms with Gasteiger partial charge >= 0.3 is 0 Å². The Labute approximate surface area is 186 Å². The summed E-state index contributed by atoms with van der Waals surface area (Å²) in [6.07, 6.45) is 0.699. The Balaban J connectivity index is 1.48. The van der Waals surface area contributed by atoms with E-state index in [0.29, 0.717) is 18.7 Å². The number of aromatic nitrogens is 1. The van der Waals surface area contributed by atoms with Crippen molar-refractivity contribution in [2.45, 2.75) is 25.3 Å². The highest BCUT2D eigenvalue weighted by Crippen LogP contribution is 2.36. The lowest BCUT2D eigenvalue weighted by Gasteiger charge is -2.26. The summed E-state index contributed by atoms with van der Waals surface area (Å²) in [6.45, 7) is 2.03. The third-order valence-corrected chi connectivity index (χ3v) is 6.57. The third kappa shape index (κ3) is 3.28. The van der Waals surface area contributed by atoms with Crippen molar-refractivity contribution in [2.75, 3.05) is 11.9 Å². The van der Waals surface area contributed by atoms with Gasteiger partial charge in [-0.25, -0.2) is 0 Å². The number of hydrogen-bond acceptors (Lipinski definition) is 3. The van der Waals surface area contributed by atoms with E-state index in [1.165, 1.54) is 12.3 Å². The van der Waals surface area contributed by atoms with Gasteiger partial charge in [0.15, 0.2) is 0 Å². The zero-order valence-corrected chi connectivity index (χ0v) is 18.1. The van der Waals surface area contributed by atoms with Crippen LogP contribution in [-0.4, -0.2) is 39.0 Å². The van der Waals surface area contributed by atoms with Crippen LogP contribution >= 0.6 is 0 Å². The van der Waals surface area contributed by atoms with Crippen molar-refractivity contribution < 1.29 is 14.7 Å². The molecule has 1 saturated heterocycles. The highest BCUT2D eigenvalue weighted by molar-refractivity contribution is 6.09. The van der Waals surface area contributed by atoms with Gasteiger partial charge in [0, 0.05) is 48.4 Å². The van der Waals surface area contributed by atoms with Crippen LogP contribution in [0.2, 0.25) is 0 Å². The molecular weight excluding hydrogens is 402 g/mol. The number of phenolic OH excluding ortho intramolecular Hbond substituents is 1. The Kier molecular flexibility index (Phi) is 4.85. The summed E-state index contributed by atoms with van der Waals surface area (Å²) >= 11 is 0. The fourth-order valence-corrected chi connectivity index (χ4v) is 4.99. The molecule has 0 bridgehead atoms. The van der Waals surface area contributed by atoms with Gasteiger partial charge in [0.2, 0.25) is 11.8 Å². The molecule has 5 rings (SSSR count).